The number of nitrogens with zero attached hydrogens (tertiary/aromatic N) is 1. The van der Waals surface area contributed by atoms with Gasteiger partial charge in [0, 0.05) is 18.1 Å². The van der Waals surface area contributed by atoms with Crippen molar-refractivity contribution in [3.63, 3.8) is 0 Å². The van der Waals surface area contributed by atoms with Crippen molar-refractivity contribution in [3.8, 4) is 5.75 Å². The summed E-state index contributed by atoms with van der Waals surface area (Å²) in [5, 5.41) is 3.04. The standard InChI is InChI=1S/C20H25ClN2O4S2/c1-15-6-4-5-7-16(15)14-28-11-10-22-20(24)13-23(29(3,25)26)17-8-9-19(27-2)18(21)12-17/h4-9,12H,10-11,13-14H2,1-3H3,(H,22,24). The number of nitrogens with one attached hydrogen (secondary N) is 1. The number of rotatable bonds is 10. The third-order valence-corrected chi connectivity index (χ3v) is 6.64. The van der Waals surface area contributed by atoms with Gasteiger partial charge in [0.05, 0.1) is 24.1 Å². The highest BCUT2D eigenvalue weighted by Gasteiger charge is 2.21. The summed E-state index contributed by atoms with van der Waals surface area (Å²) >= 11 is 7.80. The van der Waals surface area contributed by atoms with Crippen molar-refractivity contribution in [2.75, 3.05) is 36.5 Å². The maximum atomic E-state index is 12.3. The van der Waals surface area contributed by atoms with Crippen LogP contribution in [0.4, 0.5) is 5.69 Å². The number of thioether (sulfide) groups is 1. The molecular weight excluding hydrogens is 432 g/mol. The summed E-state index contributed by atoms with van der Waals surface area (Å²) in [7, 11) is -2.19. The normalized spacial score (nSPS) is 11.2. The molecule has 0 saturated carbocycles. The summed E-state index contributed by atoms with van der Waals surface area (Å²) in [4.78, 5) is 12.3. The Kier molecular flexibility index (Phi) is 8.67. The molecule has 0 aliphatic carbocycles. The van der Waals surface area contributed by atoms with Crippen LogP contribution in [0.2, 0.25) is 5.02 Å². The lowest BCUT2D eigenvalue weighted by Crippen LogP contribution is -2.41. The summed E-state index contributed by atoms with van der Waals surface area (Å²) in [6.45, 7) is 2.21. The van der Waals surface area contributed by atoms with Crippen LogP contribution < -0.4 is 14.4 Å². The maximum absolute atomic E-state index is 12.3. The highest BCUT2D eigenvalue weighted by atomic mass is 35.5. The topological polar surface area (TPSA) is 75.7 Å². The molecule has 0 heterocycles. The number of hydrogen-bond donors (Lipinski definition) is 1. The largest absolute Gasteiger partial charge is 0.495 e. The minimum Gasteiger partial charge on any atom is -0.495 e. The Morgan fingerprint density at radius 2 is 1.97 bits per heavy atom. The first-order valence-electron chi connectivity index (χ1n) is 8.92. The van der Waals surface area contributed by atoms with Crippen LogP contribution in [0.3, 0.4) is 0 Å². The molecular formula is C20H25ClN2O4S2. The van der Waals surface area contributed by atoms with Crippen molar-refractivity contribution in [1.82, 2.24) is 5.32 Å². The number of aryl methyl sites for hydroxylation is 1. The Hall–Kier alpha value is -1.90. The lowest BCUT2D eigenvalue weighted by Gasteiger charge is -2.22. The molecule has 0 aromatic heterocycles. The molecule has 0 fully saturated rings. The smallest absolute Gasteiger partial charge is 0.240 e. The van der Waals surface area contributed by atoms with Gasteiger partial charge >= 0.3 is 0 Å². The highest BCUT2D eigenvalue weighted by Crippen LogP contribution is 2.30. The molecule has 0 saturated heterocycles. The predicted octanol–water partition coefficient (Wildman–Crippen LogP) is 3.47. The van der Waals surface area contributed by atoms with Crippen molar-refractivity contribution < 1.29 is 17.9 Å². The number of amides is 1. The van der Waals surface area contributed by atoms with E-state index in [1.54, 1.807) is 23.9 Å². The first kappa shape index (κ1) is 23.4. The van der Waals surface area contributed by atoms with Crippen LogP contribution in [0.15, 0.2) is 42.5 Å². The molecule has 1 amide bonds. The molecule has 0 unspecified atom stereocenters. The zero-order chi connectivity index (χ0) is 21.4. The predicted molar refractivity (Wildman–Crippen MR) is 121 cm³/mol. The third kappa shape index (κ3) is 7.13. The summed E-state index contributed by atoms with van der Waals surface area (Å²) in [5.41, 5.74) is 2.82. The fourth-order valence-electron chi connectivity index (χ4n) is 2.61. The van der Waals surface area contributed by atoms with Gasteiger partial charge in [-0.15, -0.1) is 0 Å². The SMILES string of the molecule is COc1ccc(N(CC(=O)NCCSCc2ccccc2C)S(C)(=O)=O)cc1Cl. The Balaban J connectivity index is 1.89. The summed E-state index contributed by atoms with van der Waals surface area (Å²) in [5.74, 6) is 1.65. The van der Waals surface area contributed by atoms with E-state index in [1.807, 2.05) is 12.1 Å². The Morgan fingerprint density at radius 1 is 1.24 bits per heavy atom. The number of carbonyl (C=O) groups is 1. The molecule has 1 N–H and O–H groups in total. The van der Waals surface area contributed by atoms with Crippen LogP contribution in [0.5, 0.6) is 5.75 Å². The number of methoxy groups -OCH3 is 1. The van der Waals surface area contributed by atoms with E-state index in [0.29, 0.717) is 18.0 Å². The van der Waals surface area contributed by atoms with Crippen LogP contribution in [-0.4, -0.2) is 46.5 Å². The maximum Gasteiger partial charge on any atom is 0.240 e. The number of benzene rings is 2. The minimum absolute atomic E-state index is 0.270. The number of hydrogen-bond acceptors (Lipinski definition) is 5. The first-order chi connectivity index (χ1) is 13.7. The van der Waals surface area contributed by atoms with Gasteiger partial charge < -0.3 is 10.1 Å². The van der Waals surface area contributed by atoms with Gasteiger partial charge in [0.2, 0.25) is 15.9 Å². The Labute approximate surface area is 181 Å². The number of carbonyl (C=O) groups excluding carboxylic acids is 1. The Morgan fingerprint density at radius 3 is 2.59 bits per heavy atom. The monoisotopic (exact) mass is 456 g/mol. The van der Waals surface area contributed by atoms with Crippen LogP contribution in [0, 0.1) is 6.92 Å². The van der Waals surface area contributed by atoms with Gasteiger partial charge in [0.25, 0.3) is 0 Å². The summed E-state index contributed by atoms with van der Waals surface area (Å²) in [6, 6.07) is 12.8. The van der Waals surface area contributed by atoms with Gasteiger partial charge in [-0.05, 0) is 36.2 Å². The zero-order valence-corrected chi connectivity index (χ0v) is 19.0. The molecule has 2 rings (SSSR count). The second-order valence-corrected chi connectivity index (χ2v) is 9.84. The highest BCUT2D eigenvalue weighted by molar-refractivity contribution is 7.98. The van der Waals surface area contributed by atoms with E-state index >= 15 is 0 Å². The average Bonchev–Trinajstić information content (AvgIpc) is 2.66. The van der Waals surface area contributed by atoms with E-state index in [1.165, 1.54) is 24.3 Å². The van der Waals surface area contributed by atoms with E-state index in [9.17, 15) is 13.2 Å². The quantitative estimate of drug-likeness (QED) is 0.554. The Bertz CT molecular complexity index is 951. The minimum atomic E-state index is -3.66. The van der Waals surface area contributed by atoms with Crippen molar-refractivity contribution in [2.24, 2.45) is 0 Å². The van der Waals surface area contributed by atoms with Crippen LogP contribution in [0.25, 0.3) is 0 Å². The second kappa shape index (κ2) is 10.8. The van der Waals surface area contributed by atoms with Crippen molar-refractivity contribution in [2.45, 2.75) is 12.7 Å². The van der Waals surface area contributed by atoms with E-state index in [4.69, 9.17) is 16.3 Å². The van der Waals surface area contributed by atoms with Crippen molar-refractivity contribution in [1.29, 1.82) is 0 Å². The third-order valence-electron chi connectivity index (χ3n) is 4.20. The van der Waals surface area contributed by atoms with Gasteiger partial charge in [0.1, 0.15) is 12.3 Å². The van der Waals surface area contributed by atoms with Gasteiger partial charge in [-0.1, -0.05) is 35.9 Å². The van der Waals surface area contributed by atoms with E-state index < -0.39 is 10.0 Å². The van der Waals surface area contributed by atoms with Crippen LogP contribution >= 0.6 is 23.4 Å². The number of ether oxygens (including phenoxy) is 1. The number of anilines is 1. The lowest BCUT2D eigenvalue weighted by atomic mass is 10.1. The fourth-order valence-corrected chi connectivity index (χ4v) is 4.65. The number of halogens is 1. The molecule has 0 aliphatic heterocycles. The van der Waals surface area contributed by atoms with E-state index in [2.05, 4.69) is 24.4 Å². The second-order valence-electron chi connectivity index (χ2n) is 6.42. The number of sulfonamides is 1. The summed E-state index contributed by atoms with van der Waals surface area (Å²) in [6.07, 6.45) is 1.05. The van der Waals surface area contributed by atoms with Crippen molar-refractivity contribution >= 4 is 45.0 Å². The molecule has 0 aliphatic rings. The molecule has 0 radical (unpaired) electrons. The summed E-state index contributed by atoms with van der Waals surface area (Å²) < 4.78 is 30.4. The van der Waals surface area contributed by atoms with Crippen LogP contribution in [-0.2, 0) is 20.6 Å². The van der Waals surface area contributed by atoms with Crippen LogP contribution in [0.1, 0.15) is 11.1 Å². The van der Waals surface area contributed by atoms with Crippen molar-refractivity contribution in [3.05, 3.63) is 58.6 Å². The first-order valence-corrected chi connectivity index (χ1v) is 12.3. The molecule has 2 aromatic carbocycles. The van der Waals surface area contributed by atoms with Gasteiger partial charge in [-0.3, -0.25) is 9.10 Å². The lowest BCUT2D eigenvalue weighted by molar-refractivity contribution is -0.119. The fraction of sp³-hybridized carbons (Fsp3) is 0.350. The molecule has 158 valence electrons. The molecule has 9 heteroatoms. The molecule has 0 bridgehead atoms. The molecule has 29 heavy (non-hydrogen) atoms. The molecule has 0 atom stereocenters. The van der Waals surface area contributed by atoms with Gasteiger partial charge in [-0.2, -0.15) is 11.8 Å². The average molecular weight is 457 g/mol. The molecule has 2 aromatic rings. The van der Waals surface area contributed by atoms with Gasteiger partial charge in [-0.25, -0.2) is 8.42 Å². The van der Waals surface area contributed by atoms with E-state index in [0.717, 1.165) is 22.1 Å². The zero-order valence-electron chi connectivity index (χ0n) is 16.6. The van der Waals surface area contributed by atoms with Gasteiger partial charge in [0.15, 0.2) is 0 Å². The molecule has 6 nitrogen and oxygen atoms in total. The molecule has 0 spiro atoms. The van der Waals surface area contributed by atoms with E-state index in [-0.39, 0.29) is 17.5 Å².